The molecule has 2 N–H and O–H groups in total. The molecule has 1 aromatic rings. The van der Waals surface area contributed by atoms with E-state index in [2.05, 4.69) is 39.5 Å². The summed E-state index contributed by atoms with van der Waals surface area (Å²) in [5.41, 5.74) is 1.41. The molecular weight excluding hydrogens is 474 g/mol. The molecule has 0 aromatic carbocycles. The van der Waals surface area contributed by atoms with E-state index >= 15 is 0 Å². The summed E-state index contributed by atoms with van der Waals surface area (Å²) in [5.74, 6) is -5.51. The first kappa shape index (κ1) is 29.7. The number of hydrogen-bond donors (Lipinski definition) is 2. The van der Waals surface area contributed by atoms with Crippen LogP contribution in [-0.4, -0.2) is 86.3 Å². The van der Waals surface area contributed by atoms with Crippen molar-refractivity contribution in [1.82, 2.24) is 19.6 Å². The van der Waals surface area contributed by atoms with Crippen molar-refractivity contribution in [3.63, 3.8) is 0 Å². The summed E-state index contributed by atoms with van der Waals surface area (Å²) in [6, 6.07) is 3.61. The lowest BCUT2D eigenvalue weighted by atomic mass is 9.90. The lowest BCUT2D eigenvalue weighted by molar-refractivity contribution is -0.193. The van der Waals surface area contributed by atoms with Gasteiger partial charge in [-0.15, -0.1) is 0 Å². The standard InChI is InChI=1S/C16H28N4.2C2HF3O2/c1-3-18(4-2)11-9-16-13-19(14-6-5-7-14)12-15-8-10-17-20(15)16;2*3-2(4,5)1(6)7/h8,10,14,16H,3-7,9,11-13H2,1-2H3;2*(H,6,7). The molecule has 0 spiro atoms. The Balaban J connectivity index is 0.000000343. The van der Waals surface area contributed by atoms with E-state index < -0.39 is 24.3 Å². The van der Waals surface area contributed by atoms with Gasteiger partial charge >= 0.3 is 24.3 Å². The quantitative estimate of drug-likeness (QED) is 0.569. The molecule has 0 saturated heterocycles. The molecule has 8 nitrogen and oxygen atoms in total. The molecule has 0 bridgehead atoms. The average molecular weight is 504 g/mol. The molecule has 34 heavy (non-hydrogen) atoms. The highest BCUT2D eigenvalue weighted by Crippen LogP contribution is 2.31. The fourth-order valence-electron chi connectivity index (χ4n) is 3.53. The molecule has 1 unspecified atom stereocenters. The molecule has 1 aliphatic heterocycles. The molecule has 2 heterocycles. The van der Waals surface area contributed by atoms with Gasteiger partial charge in [0, 0.05) is 31.9 Å². The summed E-state index contributed by atoms with van der Waals surface area (Å²) in [6.07, 6.45) is -2.75. The van der Waals surface area contributed by atoms with Crippen molar-refractivity contribution in [3.8, 4) is 0 Å². The number of hydrogen-bond acceptors (Lipinski definition) is 5. The lowest BCUT2D eigenvalue weighted by Gasteiger charge is -2.43. The number of halogens is 6. The molecule has 0 radical (unpaired) electrons. The van der Waals surface area contributed by atoms with Gasteiger partial charge in [0.25, 0.3) is 0 Å². The first-order valence-corrected chi connectivity index (χ1v) is 10.8. The van der Waals surface area contributed by atoms with Gasteiger partial charge in [0.2, 0.25) is 0 Å². The summed E-state index contributed by atoms with van der Waals surface area (Å²) in [6.45, 7) is 10.3. The summed E-state index contributed by atoms with van der Waals surface area (Å²) < 4.78 is 65.8. The number of carboxylic acids is 2. The molecule has 1 fully saturated rings. The minimum absolute atomic E-state index is 0.565. The van der Waals surface area contributed by atoms with E-state index in [9.17, 15) is 26.3 Å². The largest absolute Gasteiger partial charge is 0.490 e. The van der Waals surface area contributed by atoms with Crippen LogP contribution in [0.3, 0.4) is 0 Å². The first-order valence-electron chi connectivity index (χ1n) is 10.8. The Labute approximate surface area is 193 Å². The maximum absolute atomic E-state index is 10.6. The normalized spacial score (nSPS) is 18.7. The van der Waals surface area contributed by atoms with Crippen LogP contribution in [0.5, 0.6) is 0 Å². The number of rotatable bonds is 6. The highest BCUT2D eigenvalue weighted by atomic mass is 19.4. The van der Waals surface area contributed by atoms with Crippen LogP contribution in [0.25, 0.3) is 0 Å². The van der Waals surface area contributed by atoms with Gasteiger partial charge in [-0.2, -0.15) is 31.4 Å². The molecule has 1 aliphatic carbocycles. The second-order valence-electron chi connectivity index (χ2n) is 7.86. The Bertz CT molecular complexity index is 752. The summed E-state index contributed by atoms with van der Waals surface area (Å²) in [4.78, 5) is 23.0. The monoisotopic (exact) mass is 504 g/mol. The third-order valence-electron chi connectivity index (χ3n) is 5.66. The predicted octanol–water partition coefficient (Wildman–Crippen LogP) is 3.79. The van der Waals surface area contributed by atoms with E-state index in [4.69, 9.17) is 19.8 Å². The van der Waals surface area contributed by atoms with Gasteiger partial charge in [0.05, 0.1) is 11.7 Å². The first-order chi connectivity index (χ1) is 15.7. The molecule has 1 saturated carbocycles. The second-order valence-corrected chi connectivity index (χ2v) is 7.86. The number of nitrogens with zero attached hydrogens (tertiary/aromatic N) is 4. The maximum Gasteiger partial charge on any atom is 0.490 e. The van der Waals surface area contributed by atoms with Crippen LogP contribution < -0.4 is 0 Å². The number of aromatic nitrogens is 2. The average Bonchev–Trinajstić information content (AvgIpc) is 3.15. The van der Waals surface area contributed by atoms with Gasteiger partial charge in [-0.25, -0.2) is 9.59 Å². The van der Waals surface area contributed by atoms with E-state index in [1.54, 1.807) is 0 Å². The van der Waals surface area contributed by atoms with Crippen molar-refractivity contribution in [2.75, 3.05) is 26.2 Å². The fourth-order valence-corrected chi connectivity index (χ4v) is 3.53. The van der Waals surface area contributed by atoms with Crippen molar-refractivity contribution in [2.45, 2.75) is 70.5 Å². The summed E-state index contributed by atoms with van der Waals surface area (Å²) in [5, 5.41) is 18.8. The van der Waals surface area contributed by atoms with Gasteiger partial charge in [0.15, 0.2) is 0 Å². The zero-order valence-corrected chi connectivity index (χ0v) is 18.9. The van der Waals surface area contributed by atoms with E-state index in [0.29, 0.717) is 6.04 Å². The maximum atomic E-state index is 10.6. The number of carboxylic acid groups (broad SMARTS) is 2. The SMILES string of the molecule is CCN(CC)CCC1CN(C2CCC2)Cc2ccnn21.O=C(O)C(F)(F)F.O=C(O)C(F)(F)F. The minimum Gasteiger partial charge on any atom is -0.475 e. The smallest absolute Gasteiger partial charge is 0.475 e. The van der Waals surface area contributed by atoms with E-state index in [1.807, 2.05) is 6.20 Å². The van der Waals surface area contributed by atoms with Crippen molar-refractivity contribution >= 4 is 11.9 Å². The van der Waals surface area contributed by atoms with Gasteiger partial charge in [-0.3, -0.25) is 9.58 Å². The third kappa shape index (κ3) is 9.49. The second kappa shape index (κ2) is 12.9. The molecule has 1 atom stereocenters. The van der Waals surface area contributed by atoms with Crippen LogP contribution in [0.15, 0.2) is 12.3 Å². The van der Waals surface area contributed by atoms with E-state index in [0.717, 1.165) is 25.7 Å². The Morgan fingerprint density at radius 1 is 1.06 bits per heavy atom. The van der Waals surface area contributed by atoms with Crippen LogP contribution in [0, 0.1) is 0 Å². The van der Waals surface area contributed by atoms with Gasteiger partial charge in [0.1, 0.15) is 0 Å². The fraction of sp³-hybridized carbons (Fsp3) is 0.750. The summed E-state index contributed by atoms with van der Waals surface area (Å²) in [7, 11) is 0. The van der Waals surface area contributed by atoms with Crippen molar-refractivity contribution in [1.29, 1.82) is 0 Å². The Morgan fingerprint density at radius 3 is 1.94 bits per heavy atom. The molecule has 14 heteroatoms. The number of carbonyl (C=O) groups is 2. The zero-order chi connectivity index (χ0) is 26.1. The molecule has 0 amide bonds. The van der Waals surface area contributed by atoms with Crippen molar-refractivity contribution < 1.29 is 46.1 Å². The highest BCUT2D eigenvalue weighted by Gasteiger charge is 2.39. The predicted molar refractivity (Wildman–Crippen MR) is 109 cm³/mol. The molecular formula is C20H30F6N4O4. The van der Waals surface area contributed by atoms with Crippen LogP contribution in [-0.2, 0) is 16.1 Å². The van der Waals surface area contributed by atoms with E-state index in [-0.39, 0.29) is 0 Å². The number of fused-ring (bicyclic) bond motifs is 1. The Hall–Kier alpha value is -2.35. The van der Waals surface area contributed by atoms with E-state index in [1.165, 1.54) is 44.5 Å². The number of alkyl halides is 6. The minimum atomic E-state index is -5.08. The lowest BCUT2D eigenvalue weighted by Crippen LogP contribution is -2.47. The third-order valence-corrected chi connectivity index (χ3v) is 5.66. The number of aliphatic carboxylic acids is 2. The van der Waals surface area contributed by atoms with Crippen molar-refractivity contribution in [2.24, 2.45) is 0 Å². The van der Waals surface area contributed by atoms with Crippen LogP contribution in [0.2, 0.25) is 0 Å². The Kier molecular flexibility index (Phi) is 11.3. The zero-order valence-electron chi connectivity index (χ0n) is 18.9. The van der Waals surface area contributed by atoms with Gasteiger partial charge in [-0.05, 0) is 38.4 Å². The highest BCUT2D eigenvalue weighted by molar-refractivity contribution is 5.73. The van der Waals surface area contributed by atoms with Crippen LogP contribution >= 0.6 is 0 Å². The van der Waals surface area contributed by atoms with Crippen LogP contribution in [0.1, 0.15) is 51.3 Å². The molecule has 2 aliphatic rings. The van der Waals surface area contributed by atoms with Gasteiger partial charge < -0.3 is 15.1 Å². The van der Waals surface area contributed by atoms with Crippen LogP contribution in [0.4, 0.5) is 26.3 Å². The Morgan fingerprint density at radius 2 is 1.56 bits per heavy atom. The van der Waals surface area contributed by atoms with Crippen molar-refractivity contribution in [3.05, 3.63) is 18.0 Å². The summed E-state index contributed by atoms with van der Waals surface area (Å²) >= 11 is 0. The van der Waals surface area contributed by atoms with Gasteiger partial charge in [-0.1, -0.05) is 20.3 Å². The molecule has 3 rings (SSSR count). The topological polar surface area (TPSA) is 98.9 Å². The molecule has 1 aromatic heterocycles. The molecule has 196 valence electrons.